The molecular weight excluding hydrogens is 258 g/mol. The maximum Gasteiger partial charge on any atom is 0.0745 e. The fraction of sp³-hybridized carbons (Fsp3) is 0.368. The Morgan fingerprint density at radius 1 is 1.05 bits per heavy atom. The second-order valence-corrected chi connectivity index (χ2v) is 6.09. The normalized spacial score (nSPS) is 12.4. The lowest BCUT2D eigenvalue weighted by Gasteiger charge is -2.19. The minimum absolute atomic E-state index is 0.0695. The molecule has 0 saturated carbocycles. The molecule has 1 unspecified atom stereocenters. The fourth-order valence-electron chi connectivity index (χ4n) is 2.53. The van der Waals surface area contributed by atoms with Gasteiger partial charge in [0.15, 0.2) is 0 Å². The van der Waals surface area contributed by atoms with E-state index < -0.39 is 0 Å². The minimum atomic E-state index is -0.0695. The summed E-state index contributed by atoms with van der Waals surface area (Å²) in [6.07, 6.45) is 1.09. The zero-order valence-corrected chi connectivity index (χ0v) is 13.1. The second kappa shape index (κ2) is 7.28. The average molecular weight is 283 g/mol. The standard InChI is InChI=1S/C19H25NO/c1-14(2)11-16-7-9-17(10-8-16)19(13-21)20-18-6-4-5-15(3)12-18/h4-10,12,14,19-21H,11,13H2,1-3H3. The number of rotatable bonds is 6. The molecular formula is C19H25NO. The maximum absolute atomic E-state index is 9.66. The zero-order valence-electron chi connectivity index (χ0n) is 13.1. The molecule has 2 N–H and O–H groups in total. The van der Waals surface area contributed by atoms with Crippen LogP contribution in [0.25, 0.3) is 0 Å². The maximum atomic E-state index is 9.66. The highest BCUT2D eigenvalue weighted by atomic mass is 16.3. The first-order valence-corrected chi connectivity index (χ1v) is 7.61. The number of benzene rings is 2. The Kier molecular flexibility index (Phi) is 5.40. The van der Waals surface area contributed by atoms with Crippen molar-refractivity contribution in [2.24, 2.45) is 5.92 Å². The van der Waals surface area contributed by atoms with Gasteiger partial charge in [0.25, 0.3) is 0 Å². The Hall–Kier alpha value is -1.80. The summed E-state index contributed by atoms with van der Waals surface area (Å²) in [7, 11) is 0. The molecule has 1 atom stereocenters. The summed E-state index contributed by atoms with van der Waals surface area (Å²) in [6, 6.07) is 16.7. The van der Waals surface area contributed by atoms with Crippen molar-refractivity contribution in [1.82, 2.24) is 0 Å². The number of nitrogens with one attached hydrogen (secondary N) is 1. The molecule has 0 saturated heterocycles. The van der Waals surface area contributed by atoms with Crippen LogP contribution in [0.4, 0.5) is 5.69 Å². The smallest absolute Gasteiger partial charge is 0.0745 e. The van der Waals surface area contributed by atoms with Crippen molar-refractivity contribution >= 4 is 5.69 Å². The Balaban J connectivity index is 2.10. The molecule has 0 fully saturated rings. The van der Waals surface area contributed by atoms with Crippen molar-refractivity contribution in [1.29, 1.82) is 0 Å². The van der Waals surface area contributed by atoms with Crippen LogP contribution >= 0.6 is 0 Å². The van der Waals surface area contributed by atoms with Crippen LogP contribution in [0.5, 0.6) is 0 Å². The van der Waals surface area contributed by atoms with E-state index >= 15 is 0 Å². The summed E-state index contributed by atoms with van der Waals surface area (Å²) in [6.45, 7) is 6.60. The van der Waals surface area contributed by atoms with E-state index in [1.807, 2.05) is 12.1 Å². The van der Waals surface area contributed by atoms with Gasteiger partial charge in [0, 0.05) is 5.69 Å². The topological polar surface area (TPSA) is 32.3 Å². The fourth-order valence-corrected chi connectivity index (χ4v) is 2.53. The van der Waals surface area contributed by atoms with Gasteiger partial charge in [-0.25, -0.2) is 0 Å². The van der Waals surface area contributed by atoms with Gasteiger partial charge < -0.3 is 10.4 Å². The summed E-state index contributed by atoms with van der Waals surface area (Å²) in [5.41, 5.74) is 4.72. The Bertz CT molecular complexity index is 560. The van der Waals surface area contributed by atoms with E-state index in [0.29, 0.717) is 5.92 Å². The van der Waals surface area contributed by atoms with E-state index in [4.69, 9.17) is 0 Å². The summed E-state index contributed by atoms with van der Waals surface area (Å²) in [4.78, 5) is 0. The molecule has 2 rings (SSSR count). The Morgan fingerprint density at radius 3 is 2.33 bits per heavy atom. The molecule has 0 radical (unpaired) electrons. The highest BCUT2D eigenvalue weighted by Gasteiger charge is 2.10. The third-order valence-electron chi connectivity index (χ3n) is 3.57. The van der Waals surface area contributed by atoms with Crippen molar-refractivity contribution < 1.29 is 5.11 Å². The number of hydrogen-bond acceptors (Lipinski definition) is 2. The molecule has 0 aliphatic carbocycles. The number of anilines is 1. The van der Waals surface area contributed by atoms with Gasteiger partial charge in [0.2, 0.25) is 0 Å². The Labute approximate surface area is 127 Å². The van der Waals surface area contributed by atoms with Gasteiger partial charge in [-0.1, -0.05) is 50.2 Å². The zero-order chi connectivity index (χ0) is 15.2. The van der Waals surface area contributed by atoms with Gasteiger partial charge in [0.05, 0.1) is 12.6 Å². The monoisotopic (exact) mass is 283 g/mol. The molecule has 0 heterocycles. The number of aliphatic hydroxyl groups is 1. The van der Waals surface area contributed by atoms with Crippen LogP contribution < -0.4 is 5.32 Å². The lowest BCUT2D eigenvalue weighted by atomic mass is 9.99. The highest BCUT2D eigenvalue weighted by Crippen LogP contribution is 2.21. The van der Waals surface area contributed by atoms with Gasteiger partial charge >= 0.3 is 0 Å². The van der Waals surface area contributed by atoms with E-state index in [9.17, 15) is 5.11 Å². The lowest BCUT2D eigenvalue weighted by molar-refractivity contribution is 0.276. The molecule has 0 bridgehead atoms. The van der Waals surface area contributed by atoms with E-state index in [1.165, 1.54) is 11.1 Å². The molecule has 0 spiro atoms. The summed E-state index contributed by atoms with van der Waals surface area (Å²) >= 11 is 0. The molecule has 0 aliphatic heterocycles. The predicted octanol–water partition coefficient (Wildman–Crippen LogP) is 4.34. The van der Waals surface area contributed by atoms with Gasteiger partial charge in [-0.05, 0) is 48.1 Å². The predicted molar refractivity (Wildman–Crippen MR) is 89.6 cm³/mol. The van der Waals surface area contributed by atoms with Gasteiger partial charge in [-0.3, -0.25) is 0 Å². The minimum Gasteiger partial charge on any atom is -0.394 e. The number of aliphatic hydroxyl groups excluding tert-OH is 1. The van der Waals surface area contributed by atoms with Crippen LogP contribution in [0.1, 0.15) is 36.6 Å². The summed E-state index contributed by atoms with van der Waals surface area (Å²) in [5.74, 6) is 0.662. The number of hydrogen-bond donors (Lipinski definition) is 2. The van der Waals surface area contributed by atoms with Crippen LogP contribution in [0.15, 0.2) is 48.5 Å². The van der Waals surface area contributed by atoms with Crippen LogP contribution in [0.2, 0.25) is 0 Å². The molecule has 2 aromatic carbocycles. The van der Waals surface area contributed by atoms with Crippen molar-refractivity contribution in [3.63, 3.8) is 0 Å². The first kappa shape index (κ1) is 15.6. The van der Waals surface area contributed by atoms with Gasteiger partial charge in [-0.15, -0.1) is 0 Å². The first-order chi connectivity index (χ1) is 10.1. The first-order valence-electron chi connectivity index (χ1n) is 7.61. The summed E-state index contributed by atoms with van der Waals surface area (Å²) < 4.78 is 0. The van der Waals surface area contributed by atoms with E-state index in [-0.39, 0.29) is 12.6 Å². The van der Waals surface area contributed by atoms with Crippen molar-refractivity contribution in [2.45, 2.75) is 33.2 Å². The molecule has 0 aliphatic rings. The molecule has 0 aromatic heterocycles. The van der Waals surface area contributed by atoms with E-state index in [0.717, 1.165) is 17.7 Å². The van der Waals surface area contributed by atoms with Crippen LogP contribution in [-0.2, 0) is 6.42 Å². The van der Waals surface area contributed by atoms with Crippen LogP contribution in [0.3, 0.4) is 0 Å². The third-order valence-corrected chi connectivity index (χ3v) is 3.57. The molecule has 2 aromatic rings. The largest absolute Gasteiger partial charge is 0.394 e. The van der Waals surface area contributed by atoms with Crippen molar-refractivity contribution in [3.05, 3.63) is 65.2 Å². The molecule has 21 heavy (non-hydrogen) atoms. The SMILES string of the molecule is Cc1cccc(NC(CO)c2ccc(CC(C)C)cc2)c1. The quantitative estimate of drug-likeness (QED) is 0.826. The van der Waals surface area contributed by atoms with Crippen molar-refractivity contribution in [3.8, 4) is 0 Å². The highest BCUT2D eigenvalue weighted by molar-refractivity contribution is 5.47. The van der Waals surface area contributed by atoms with Crippen LogP contribution in [0, 0.1) is 12.8 Å². The molecule has 0 amide bonds. The Morgan fingerprint density at radius 2 is 1.76 bits per heavy atom. The third kappa shape index (κ3) is 4.61. The number of aryl methyl sites for hydroxylation is 1. The second-order valence-electron chi connectivity index (χ2n) is 6.09. The molecule has 2 heteroatoms. The average Bonchev–Trinajstić information content (AvgIpc) is 2.45. The van der Waals surface area contributed by atoms with Crippen molar-refractivity contribution in [2.75, 3.05) is 11.9 Å². The molecule has 2 nitrogen and oxygen atoms in total. The summed E-state index contributed by atoms with van der Waals surface area (Å²) in [5, 5.41) is 13.1. The molecule has 112 valence electrons. The lowest BCUT2D eigenvalue weighted by Crippen LogP contribution is -2.15. The van der Waals surface area contributed by atoms with Gasteiger partial charge in [-0.2, -0.15) is 0 Å². The van der Waals surface area contributed by atoms with E-state index in [2.05, 4.69) is 62.5 Å². The van der Waals surface area contributed by atoms with Gasteiger partial charge in [0.1, 0.15) is 0 Å². The van der Waals surface area contributed by atoms with E-state index in [1.54, 1.807) is 0 Å². The van der Waals surface area contributed by atoms with Crippen LogP contribution in [-0.4, -0.2) is 11.7 Å².